The minimum atomic E-state index is -1.93. The molecule has 7 heteroatoms. The Bertz CT molecular complexity index is 1280. The van der Waals surface area contributed by atoms with Gasteiger partial charge in [-0.1, -0.05) is 205 Å². The van der Waals surface area contributed by atoms with E-state index in [1.54, 1.807) is 28.2 Å². The zero-order chi connectivity index (χ0) is 39.1. The molecule has 4 nitrogen and oxygen atoms in total. The number of unbranched alkanes of at least 4 members (excludes halogenated alkanes) is 9. The van der Waals surface area contributed by atoms with E-state index >= 15 is 0 Å². The van der Waals surface area contributed by atoms with Crippen molar-refractivity contribution < 1.29 is 26.2 Å². The molecule has 0 aliphatic heterocycles. The Hall–Kier alpha value is -0.923. The monoisotopic (exact) mass is 832 g/mol. The van der Waals surface area contributed by atoms with Gasteiger partial charge in [-0.15, -0.1) is 11.1 Å². The average Bonchev–Trinajstić information content (AvgIpc) is 3.61. The van der Waals surface area contributed by atoms with E-state index in [9.17, 15) is 0 Å². The van der Waals surface area contributed by atoms with Crippen LogP contribution in [0.3, 0.4) is 0 Å². The molecule has 2 atom stereocenters. The van der Waals surface area contributed by atoms with Crippen LogP contribution in [0.5, 0.6) is 0 Å². The van der Waals surface area contributed by atoms with Gasteiger partial charge in [0.05, 0.1) is 0 Å². The van der Waals surface area contributed by atoms with Crippen molar-refractivity contribution in [2.75, 3.05) is 28.2 Å². The first kappa shape index (κ1) is 50.1. The molecule has 2 aromatic carbocycles. The molecule has 53 heavy (non-hydrogen) atoms. The molecule has 2 aromatic rings. The molecule has 0 bridgehead atoms. The standard InChI is InChI=1S/C42H66N2Si2.2C2H6N.Zr/c1-39(2,3)43-45(7,8)41(33-29-35-25-19-21-27-37(35)41)31-23-17-15-13-11-12-14-16-18-24-32-42(46(9,10)44-40(4,5)6)34-30-36-26-20-22-28-38(36)42;2*1-3-2;/h19-22,25-30,33-34H,11-18,23-24,31-32H2,1-10H3;2*1-2H3;/q-2;2*-1;+4. The maximum Gasteiger partial charge on any atom is 4.00 e. The Morgan fingerprint density at radius 3 is 1.02 bits per heavy atom. The van der Waals surface area contributed by atoms with Gasteiger partial charge in [0.25, 0.3) is 0 Å². The summed E-state index contributed by atoms with van der Waals surface area (Å²) in [5.74, 6) is 0. The molecule has 2 aliphatic rings. The molecule has 0 saturated heterocycles. The minimum Gasteiger partial charge on any atom is -0.668 e. The van der Waals surface area contributed by atoms with Crippen molar-refractivity contribution >= 4 is 28.6 Å². The molecule has 2 aliphatic carbocycles. The average molecular weight is 835 g/mol. The van der Waals surface area contributed by atoms with E-state index in [1.165, 1.54) is 99.3 Å². The molecule has 0 N–H and O–H groups in total. The third kappa shape index (κ3) is 14.5. The van der Waals surface area contributed by atoms with E-state index in [1.807, 2.05) is 0 Å². The molecular weight excluding hydrogens is 756 g/mol. The number of fused-ring (bicyclic) bond motifs is 2. The van der Waals surface area contributed by atoms with Crippen molar-refractivity contribution in [3.05, 3.63) is 104 Å². The second-order valence-corrected chi connectivity index (χ2v) is 26.9. The van der Waals surface area contributed by atoms with Gasteiger partial charge in [0.1, 0.15) is 0 Å². The van der Waals surface area contributed by atoms with Crippen LogP contribution in [0.25, 0.3) is 32.8 Å². The Labute approximate surface area is 350 Å². The summed E-state index contributed by atoms with van der Waals surface area (Å²) in [5.41, 5.74) is 5.92. The number of benzene rings is 2. The summed E-state index contributed by atoms with van der Waals surface area (Å²) in [6, 6.07) is 18.2. The summed E-state index contributed by atoms with van der Waals surface area (Å²) in [5, 5.41) is 7.26. The maximum atomic E-state index is 5.51. The van der Waals surface area contributed by atoms with Crippen LogP contribution in [-0.4, -0.2) is 55.7 Å². The van der Waals surface area contributed by atoms with Gasteiger partial charge in [0, 0.05) is 0 Å². The first-order chi connectivity index (χ1) is 24.4. The van der Waals surface area contributed by atoms with Crippen LogP contribution in [0, 0.1) is 0 Å². The largest absolute Gasteiger partial charge is 4.00 e. The van der Waals surface area contributed by atoms with E-state index in [0.717, 1.165) is 0 Å². The molecule has 0 radical (unpaired) electrons. The fourth-order valence-corrected chi connectivity index (χ4v) is 17.0. The van der Waals surface area contributed by atoms with Crippen molar-refractivity contribution in [1.29, 1.82) is 0 Å². The molecule has 0 aromatic heterocycles. The smallest absolute Gasteiger partial charge is 0.668 e. The van der Waals surface area contributed by atoms with Crippen molar-refractivity contribution in [3.63, 3.8) is 0 Å². The predicted octanol–water partition coefficient (Wildman–Crippen LogP) is 14.7. The van der Waals surface area contributed by atoms with E-state index < -0.39 is 16.5 Å². The SMILES string of the molecule is CC(C)(C)[N-][Si](C)(C)C1(CCCCCCCCCCCCC2([Si](C)(C)[N-]C(C)(C)C)C=Cc3ccccc32)C=Cc2ccccc21.C[N-]C.C[N-]C.[Zr+4]. The van der Waals surface area contributed by atoms with Crippen LogP contribution in [0.1, 0.15) is 141 Å². The zero-order valence-corrected chi connectivity index (χ0v) is 41.2. The van der Waals surface area contributed by atoms with E-state index in [2.05, 4.69) is 151 Å². The summed E-state index contributed by atoms with van der Waals surface area (Å²) in [4.78, 5) is 11.0. The molecule has 0 amide bonds. The predicted molar refractivity (Wildman–Crippen MR) is 241 cm³/mol. The molecular formula is C46H78N4Si2Zr. The summed E-state index contributed by atoms with van der Waals surface area (Å²) < 4.78 is 0. The first-order valence-electron chi connectivity index (χ1n) is 20.4. The normalized spacial score (nSPS) is 19.1. The van der Waals surface area contributed by atoms with Crippen LogP contribution in [0.4, 0.5) is 0 Å². The summed E-state index contributed by atoms with van der Waals surface area (Å²) in [7, 11) is 3.15. The first-order valence-corrected chi connectivity index (χ1v) is 26.3. The molecule has 294 valence electrons. The molecule has 0 spiro atoms. The second kappa shape index (κ2) is 22.7. The fourth-order valence-electron chi connectivity index (χ4n) is 8.95. The van der Waals surface area contributed by atoms with Crippen LogP contribution in [0.15, 0.2) is 60.7 Å². The summed E-state index contributed by atoms with van der Waals surface area (Å²) in [6.45, 7) is 23.6. The van der Waals surface area contributed by atoms with Gasteiger partial charge in [0.15, 0.2) is 0 Å². The van der Waals surface area contributed by atoms with Gasteiger partial charge in [-0.05, 0) is 61.6 Å². The number of rotatable bonds is 17. The van der Waals surface area contributed by atoms with Crippen LogP contribution < -0.4 is 0 Å². The number of hydrogen-bond donors (Lipinski definition) is 0. The van der Waals surface area contributed by atoms with E-state index in [4.69, 9.17) is 9.96 Å². The summed E-state index contributed by atoms with van der Waals surface area (Å²) in [6.07, 6.45) is 25.9. The van der Waals surface area contributed by atoms with Crippen molar-refractivity contribution in [2.24, 2.45) is 0 Å². The van der Waals surface area contributed by atoms with Gasteiger partial charge in [-0.25, -0.2) is 0 Å². The fraction of sp³-hybridized carbons (Fsp3) is 0.652. The van der Waals surface area contributed by atoms with Crippen LogP contribution in [0.2, 0.25) is 26.2 Å². The number of nitrogens with zero attached hydrogens (tertiary/aromatic N) is 4. The third-order valence-corrected chi connectivity index (χ3v) is 19.0. The van der Waals surface area contributed by atoms with Gasteiger partial charge in [-0.2, -0.15) is 28.2 Å². The van der Waals surface area contributed by atoms with Crippen LogP contribution >= 0.6 is 0 Å². The zero-order valence-electron chi connectivity index (χ0n) is 36.7. The van der Waals surface area contributed by atoms with Crippen LogP contribution in [-0.2, 0) is 36.3 Å². The topological polar surface area (TPSA) is 56.4 Å². The van der Waals surface area contributed by atoms with Gasteiger partial charge < -0.3 is 20.6 Å². The molecule has 0 fully saturated rings. The minimum absolute atomic E-state index is 0. The van der Waals surface area contributed by atoms with E-state index in [-0.39, 0.29) is 47.4 Å². The van der Waals surface area contributed by atoms with Gasteiger partial charge >= 0.3 is 26.2 Å². The Kier molecular flexibility index (Phi) is 21.5. The van der Waals surface area contributed by atoms with Crippen molar-refractivity contribution in [3.8, 4) is 0 Å². The Morgan fingerprint density at radius 2 is 0.736 bits per heavy atom. The molecule has 4 rings (SSSR count). The summed E-state index contributed by atoms with van der Waals surface area (Å²) >= 11 is 0. The number of hydrogen-bond acceptors (Lipinski definition) is 0. The number of allylic oxidation sites excluding steroid dienone is 2. The molecule has 0 heterocycles. The Balaban J connectivity index is 0.00000188. The Morgan fingerprint density at radius 1 is 0.472 bits per heavy atom. The van der Waals surface area contributed by atoms with Gasteiger partial charge in [-0.3, -0.25) is 0 Å². The molecule has 2 unspecified atom stereocenters. The van der Waals surface area contributed by atoms with E-state index in [0.29, 0.717) is 0 Å². The second-order valence-electron chi connectivity index (χ2n) is 18.4. The van der Waals surface area contributed by atoms with Crippen molar-refractivity contribution in [2.45, 2.75) is 166 Å². The van der Waals surface area contributed by atoms with Crippen molar-refractivity contribution in [1.82, 2.24) is 0 Å². The van der Waals surface area contributed by atoms with Gasteiger partial charge in [0.2, 0.25) is 0 Å². The quantitative estimate of drug-likeness (QED) is 0.113. The third-order valence-electron chi connectivity index (χ3n) is 10.8. The maximum absolute atomic E-state index is 5.51. The molecule has 0 saturated carbocycles.